The molecule has 0 aromatic carbocycles. The van der Waals surface area contributed by atoms with Crippen molar-refractivity contribution in [3.63, 3.8) is 0 Å². The Hall–Kier alpha value is -1.20. The molecule has 1 fully saturated rings. The molecule has 1 saturated heterocycles. The molecular weight excluding hydrogens is 240 g/mol. The van der Waals surface area contributed by atoms with Crippen molar-refractivity contribution >= 4 is 0 Å². The van der Waals surface area contributed by atoms with E-state index in [1.165, 1.54) is 6.92 Å². The zero-order valence-electron chi connectivity index (χ0n) is 10.5. The summed E-state index contributed by atoms with van der Waals surface area (Å²) in [4.78, 5) is 0. The second kappa shape index (κ2) is 6.66. The fourth-order valence-electron chi connectivity index (χ4n) is 1.86. The van der Waals surface area contributed by atoms with Crippen molar-refractivity contribution in [3.05, 3.63) is 36.1 Å². The van der Waals surface area contributed by atoms with Crippen LogP contribution in [0.1, 0.15) is 19.8 Å². The highest BCUT2D eigenvalue weighted by molar-refractivity contribution is 5.24. The van der Waals surface area contributed by atoms with Crippen LogP contribution in [-0.2, 0) is 4.74 Å². The van der Waals surface area contributed by atoms with E-state index in [0.717, 1.165) is 25.1 Å². The summed E-state index contributed by atoms with van der Waals surface area (Å²) in [5.41, 5.74) is -0.903. The number of nitrogens with one attached hydrogen (secondary N) is 1. The number of piperidine rings is 1. The normalized spacial score (nSPS) is 26.6. The van der Waals surface area contributed by atoms with Crippen molar-refractivity contribution in [2.24, 2.45) is 0 Å². The van der Waals surface area contributed by atoms with E-state index in [2.05, 4.69) is 11.9 Å². The third-order valence-corrected chi connectivity index (χ3v) is 2.79. The van der Waals surface area contributed by atoms with Crippen molar-refractivity contribution in [2.75, 3.05) is 19.7 Å². The molecule has 0 aliphatic carbocycles. The molecule has 0 spiro atoms. The standard InChI is InChI=1S/C13H19F2NO2/c1-3-11(15)12(7-10(2)14)18-13(9-17)5-4-6-16-8-13/h3,7,16-17H,1,4-6,8-9H2,2H3. The van der Waals surface area contributed by atoms with Crippen LogP contribution in [0.15, 0.2) is 36.1 Å². The van der Waals surface area contributed by atoms with Crippen molar-refractivity contribution in [1.29, 1.82) is 0 Å². The molecule has 0 aromatic rings. The summed E-state index contributed by atoms with van der Waals surface area (Å²) in [6.07, 6.45) is 3.31. The predicted octanol–water partition coefficient (Wildman–Crippen LogP) is 2.36. The molecule has 0 amide bonds. The summed E-state index contributed by atoms with van der Waals surface area (Å²) >= 11 is 0. The first-order chi connectivity index (χ1) is 8.53. The van der Waals surface area contributed by atoms with Gasteiger partial charge in [0.05, 0.1) is 6.61 Å². The van der Waals surface area contributed by atoms with Gasteiger partial charge in [0.1, 0.15) is 11.4 Å². The topological polar surface area (TPSA) is 41.5 Å². The van der Waals surface area contributed by atoms with Gasteiger partial charge in [0.15, 0.2) is 11.6 Å². The molecule has 0 radical (unpaired) electrons. The first-order valence-corrected chi connectivity index (χ1v) is 5.89. The lowest BCUT2D eigenvalue weighted by molar-refractivity contribution is -0.0547. The monoisotopic (exact) mass is 259 g/mol. The number of allylic oxidation sites excluding steroid dienone is 4. The van der Waals surface area contributed by atoms with Crippen LogP contribution in [0.2, 0.25) is 0 Å². The molecule has 2 N–H and O–H groups in total. The van der Waals surface area contributed by atoms with Gasteiger partial charge in [0.2, 0.25) is 0 Å². The Balaban J connectivity index is 2.94. The molecule has 0 aromatic heterocycles. The summed E-state index contributed by atoms with van der Waals surface area (Å²) in [5.74, 6) is -1.55. The molecule has 1 aliphatic rings. The van der Waals surface area contributed by atoms with E-state index < -0.39 is 17.3 Å². The Morgan fingerprint density at radius 1 is 1.56 bits per heavy atom. The molecule has 0 bridgehead atoms. The number of hydrogen-bond acceptors (Lipinski definition) is 3. The Morgan fingerprint density at radius 3 is 2.72 bits per heavy atom. The quantitative estimate of drug-likeness (QED) is 0.588. The van der Waals surface area contributed by atoms with Crippen molar-refractivity contribution in [3.8, 4) is 0 Å². The van der Waals surface area contributed by atoms with Crippen LogP contribution in [-0.4, -0.2) is 30.4 Å². The van der Waals surface area contributed by atoms with E-state index in [0.29, 0.717) is 13.0 Å². The van der Waals surface area contributed by atoms with Crippen LogP contribution in [0.5, 0.6) is 0 Å². The van der Waals surface area contributed by atoms with Crippen LogP contribution < -0.4 is 5.32 Å². The second-order valence-electron chi connectivity index (χ2n) is 4.37. The summed E-state index contributed by atoms with van der Waals surface area (Å²) in [5, 5.41) is 12.5. The highest BCUT2D eigenvalue weighted by Crippen LogP contribution is 2.27. The number of ether oxygens (including phenoxy) is 1. The molecule has 3 nitrogen and oxygen atoms in total. The molecule has 5 heteroatoms. The molecule has 1 aliphatic heterocycles. The van der Waals surface area contributed by atoms with Crippen molar-refractivity contribution in [1.82, 2.24) is 5.32 Å². The molecule has 0 saturated carbocycles. The Labute approximate surface area is 106 Å². The van der Waals surface area contributed by atoms with Gasteiger partial charge in [-0.15, -0.1) is 0 Å². The van der Waals surface area contributed by atoms with Gasteiger partial charge in [-0.05, 0) is 32.4 Å². The lowest BCUT2D eigenvalue weighted by atomic mass is 9.94. The van der Waals surface area contributed by atoms with Gasteiger partial charge in [-0.2, -0.15) is 0 Å². The van der Waals surface area contributed by atoms with Crippen molar-refractivity contribution in [2.45, 2.75) is 25.4 Å². The van der Waals surface area contributed by atoms with Gasteiger partial charge in [0.25, 0.3) is 0 Å². The van der Waals surface area contributed by atoms with Gasteiger partial charge in [0, 0.05) is 12.6 Å². The van der Waals surface area contributed by atoms with E-state index in [9.17, 15) is 13.9 Å². The van der Waals surface area contributed by atoms with E-state index in [4.69, 9.17) is 4.74 Å². The van der Waals surface area contributed by atoms with Gasteiger partial charge in [-0.1, -0.05) is 6.58 Å². The van der Waals surface area contributed by atoms with Gasteiger partial charge >= 0.3 is 0 Å². The van der Waals surface area contributed by atoms with E-state index >= 15 is 0 Å². The third kappa shape index (κ3) is 3.92. The highest BCUT2D eigenvalue weighted by atomic mass is 19.1. The fourth-order valence-corrected chi connectivity index (χ4v) is 1.86. The SMILES string of the molecule is C=CC(F)=C(C=C(C)F)OC1(CO)CCCNC1. The summed E-state index contributed by atoms with van der Waals surface area (Å²) < 4.78 is 31.9. The van der Waals surface area contributed by atoms with E-state index in [-0.39, 0.29) is 12.4 Å². The number of aliphatic hydroxyl groups is 1. The molecule has 102 valence electrons. The first kappa shape index (κ1) is 14.9. The average molecular weight is 259 g/mol. The smallest absolute Gasteiger partial charge is 0.164 e. The van der Waals surface area contributed by atoms with Crippen LogP contribution in [0.25, 0.3) is 0 Å². The largest absolute Gasteiger partial charge is 0.480 e. The first-order valence-electron chi connectivity index (χ1n) is 5.89. The minimum absolute atomic E-state index is 0.234. The summed E-state index contributed by atoms with van der Waals surface area (Å²) in [7, 11) is 0. The maximum atomic E-state index is 13.5. The predicted molar refractivity (Wildman–Crippen MR) is 66.2 cm³/mol. The molecule has 1 heterocycles. The fraction of sp³-hybridized carbons (Fsp3) is 0.538. The molecule has 1 rings (SSSR count). The molecular formula is C13H19F2NO2. The number of rotatable bonds is 5. The zero-order valence-corrected chi connectivity index (χ0v) is 10.5. The minimum Gasteiger partial charge on any atom is -0.480 e. The number of hydrogen-bond donors (Lipinski definition) is 2. The number of aliphatic hydroxyl groups excluding tert-OH is 1. The maximum Gasteiger partial charge on any atom is 0.164 e. The Morgan fingerprint density at radius 2 is 2.28 bits per heavy atom. The Bertz CT molecular complexity index is 354. The van der Waals surface area contributed by atoms with Crippen LogP contribution >= 0.6 is 0 Å². The maximum absolute atomic E-state index is 13.5. The molecule has 18 heavy (non-hydrogen) atoms. The second-order valence-corrected chi connectivity index (χ2v) is 4.37. The van der Waals surface area contributed by atoms with Gasteiger partial charge in [-0.3, -0.25) is 0 Å². The minimum atomic E-state index is -0.903. The summed E-state index contributed by atoms with van der Waals surface area (Å²) in [6.45, 7) is 5.45. The summed E-state index contributed by atoms with van der Waals surface area (Å²) in [6, 6.07) is 0. The van der Waals surface area contributed by atoms with Crippen molar-refractivity contribution < 1.29 is 18.6 Å². The van der Waals surface area contributed by atoms with Crippen LogP contribution in [0, 0.1) is 0 Å². The van der Waals surface area contributed by atoms with Gasteiger partial charge < -0.3 is 15.2 Å². The van der Waals surface area contributed by atoms with E-state index in [1.54, 1.807) is 0 Å². The van der Waals surface area contributed by atoms with Gasteiger partial charge in [-0.25, -0.2) is 8.78 Å². The lowest BCUT2D eigenvalue weighted by Crippen LogP contribution is -2.50. The highest BCUT2D eigenvalue weighted by Gasteiger charge is 2.34. The van der Waals surface area contributed by atoms with E-state index in [1.807, 2.05) is 0 Å². The zero-order chi connectivity index (χ0) is 13.6. The van der Waals surface area contributed by atoms with Crippen LogP contribution in [0.4, 0.5) is 8.78 Å². The number of halogens is 2. The Kier molecular flexibility index (Phi) is 5.50. The van der Waals surface area contributed by atoms with Crippen LogP contribution in [0.3, 0.4) is 0 Å². The average Bonchev–Trinajstić information content (AvgIpc) is 2.37. The third-order valence-electron chi connectivity index (χ3n) is 2.79. The molecule has 1 unspecified atom stereocenters. The lowest BCUT2D eigenvalue weighted by Gasteiger charge is -2.36. The molecule has 1 atom stereocenters.